The highest BCUT2D eigenvalue weighted by molar-refractivity contribution is 7.21. The third kappa shape index (κ3) is 4.08. The zero-order valence-corrected chi connectivity index (χ0v) is 19.6. The van der Waals surface area contributed by atoms with Crippen LogP contribution in [0.2, 0.25) is 0 Å². The van der Waals surface area contributed by atoms with E-state index in [1.54, 1.807) is 41.9 Å². The van der Waals surface area contributed by atoms with Gasteiger partial charge in [-0.15, -0.1) is 11.3 Å². The lowest BCUT2D eigenvalue weighted by Crippen LogP contribution is -2.44. The highest BCUT2D eigenvalue weighted by atomic mass is 32.1. The summed E-state index contributed by atoms with van der Waals surface area (Å²) in [6, 6.07) is 16.2. The second kappa shape index (κ2) is 8.79. The molecule has 2 aromatic heterocycles. The van der Waals surface area contributed by atoms with Crippen molar-refractivity contribution in [1.82, 2.24) is 14.9 Å². The van der Waals surface area contributed by atoms with Crippen molar-refractivity contribution in [3.05, 3.63) is 78.1 Å². The van der Waals surface area contributed by atoms with Crippen LogP contribution in [-0.4, -0.2) is 38.6 Å². The molecule has 1 fully saturated rings. The quantitative estimate of drug-likeness (QED) is 0.405. The number of imide groups is 1. The molecule has 0 saturated carbocycles. The molecule has 1 saturated heterocycles. The predicted octanol–water partition coefficient (Wildman–Crippen LogP) is 4.35. The Labute approximate surface area is 200 Å². The first-order chi connectivity index (χ1) is 16.4. The molecule has 1 atom stereocenters. The Morgan fingerprint density at radius 3 is 2.65 bits per heavy atom. The molecule has 0 aliphatic carbocycles. The molecule has 34 heavy (non-hydrogen) atoms. The first kappa shape index (κ1) is 21.9. The lowest BCUT2D eigenvalue weighted by Gasteiger charge is -2.26. The number of aromatic nitrogens is 2. The van der Waals surface area contributed by atoms with Crippen molar-refractivity contribution in [2.75, 3.05) is 4.90 Å². The van der Waals surface area contributed by atoms with Gasteiger partial charge in [0.1, 0.15) is 11.0 Å². The van der Waals surface area contributed by atoms with Gasteiger partial charge in [-0.05, 0) is 60.5 Å². The number of carbonyl (C=O) groups excluding carboxylic acids is 3. The van der Waals surface area contributed by atoms with Gasteiger partial charge >= 0.3 is 0 Å². The van der Waals surface area contributed by atoms with Crippen LogP contribution in [0.5, 0.6) is 0 Å². The zero-order chi connectivity index (χ0) is 23.8. The minimum Gasteiger partial charge on any atom is -0.326 e. The third-order valence-corrected chi connectivity index (χ3v) is 6.96. The zero-order valence-electron chi connectivity index (χ0n) is 18.8. The highest BCUT2D eigenvalue weighted by Crippen LogP contribution is 2.33. The maximum Gasteiger partial charge on any atom is 0.257 e. The number of fused-ring (bicyclic) bond motifs is 1. The number of aryl methyl sites for hydroxylation is 1. The maximum absolute atomic E-state index is 13.2. The smallest absolute Gasteiger partial charge is 0.257 e. The fraction of sp³-hybridized carbons (Fsp3) is 0.192. The standard InChI is InChI=1S/C26H22N4O3S/c1-16-5-10-21-23(12-16)34-25(28-21)19-6-8-20(9-7-19)30-24(32)13-22(26(30)33)29(17(2)31)15-18-4-3-11-27-14-18/h3-12,14,22H,13,15H2,1-2H3. The summed E-state index contributed by atoms with van der Waals surface area (Å²) < 4.78 is 1.12. The molecule has 5 rings (SSSR count). The number of amides is 3. The van der Waals surface area contributed by atoms with Gasteiger partial charge in [0.2, 0.25) is 11.8 Å². The minimum absolute atomic E-state index is 0.0440. The van der Waals surface area contributed by atoms with E-state index < -0.39 is 11.9 Å². The average molecular weight is 471 g/mol. The molecule has 2 aromatic carbocycles. The molecule has 1 aliphatic rings. The summed E-state index contributed by atoms with van der Waals surface area (Å²) in [6.45, 7) is 3.68. The number of nitrogens with zero attached hydrogens (tertiary/aromatic N) is 4. The number of rotatable bonds is 5. The Bertz CT molecular complexity index is 1400. The van der Waals surface area contributed by atoms with E-state index in [4.69, 9.17) is 4.98 Å². The summed E-state index contributed by atoms with van der Waals surface area (Å²) in [6.07, 6.45) is 3.25. The van der Waals surface area contributed by atoms with Crippen molar-refractivity contribution in [3.8, 4) is 10.6 Å². The topological polar surface area (TPSA) is 83.5 Å². The van der Waals surface area contributed by atoms with Gasteiger partial charge in [0, 0.05) is 31.4 Å². The van der Waals surface area contributed by atoms with E-state index in [0.29, 0.717) is 5.69 Å². The molecular formula is C26H22N4O3S. The lowest BCUT2D eigenvalue weighted by molar-refractivity contribution is -0.137. The van der Waals surface area contributed by atoms with E-state index >= 15 is 0 Å². The Morgan fingerprint density at radius 1 is 1.15 bits per heavy atom. The second-order valence-corrected chi connectivity index (χ2v) is 9.36. The third-order valence-electron chi connectivity index (χ3n) is 5.90. The maximum atomic E-state index is 13.2. The monoisotopic (exact) mass is 470 g/mol. The van der Waals surface area contributed by atoms with E-state index in [1.165, 1.54) is 22.3 Å². The van der Waals surface area contributed by atoms with Gasteiger partial charge in [0.15, 0.2) is 0 Å². The normalized spacial score (nSPS) is 15.8. The van der Waals surface area contributed by atoms with E-state index in [1.807, 2.05) is 30.3 Å². The molecular weight excluding hydrogens is 448 g/mol. The molecule has 1 aliphatic heterocycles. The lowest BCUT2D eigenvalue weighted by atomic mass is 10.1. The first-order valence-corrected chi connectivity index (χ1v) is 11.7. The fourth-order valence-electron chi connectivity index (χ4n) is 4.17. The Morgan fingerprint density at radius 2 is 1.94 bits per heavy atom. The van der Waals surface area contributed by atoms with E-state index in [0.717, 1.165) is 26.4 Å². The van der Waals surface area contributed by atoms with E-state index in [9.17, 15) is 14.4 Å². The molecule has 1 unspecified atom stereocenters. The van der Waals surface area contributed by atoms with Gasteiger partial charge < -0.3 is 4.90 Å². The Hall–Kier alpha value is -3.91. The number of carbonyl (C=O) groups is 3. The molecule has 8 heteroatoms. The molecule has 4 aromatic rings. The number of hydrogen-bond donors (Lipinski definition) is 0. The van der Waals surface area contributed by atoms with Crippen molar-refractivity contribution in [2.45, 2.75) is 32.9 Å². The van der Waals surface area contributed by atoms with Crippen molar-refractivity contribution in [3.63, 3.8) is 0 Å². The predicted molar refractivity (Wildman–Crippen MR) is 131 cm³/mol. The van der Waals surface area contributed by atoms with Crippen LogP contribution >= 0.6 is 11.3 Å². The summed E-state index contributed by atoms with van der Waals surface area (Å²) >= 11 is 1.60. The first-order valence-electron chi connectivity index (χ1n) is 10.9. The number of benzene rings is 2. The van der Waals surface area contributed by atoms with E-state index in [2.05, 4.69) is 18.0 Å². The highest BCUT2D eigenvalue weighted by Gasteiger charge is 2.43. The van der Waals surface area contributed by atoms with E-state index in [-0.39, 0.29) is 24.8 Å². The number of anilines is 1. The van der Waals surface area contributed by atoms with Gasteiger partial charge in [-0.25, -0.2) is 9.88 Å². The van der Waals surface area contributed by atoms with Crippen LogP contribution in [0.1, 0.15) is 24.5 Å². The number of hydrogen-bond acceptors (Lipinski definition) is 6. The average Bonchev–Trinajstić information content (AvgIpc) is 3.38. The molecule has 3 heterocycles. The summed E-state index contributed by atoms with van der Waals surface area (Å²) in [5, 5.41) is 0.878. The summed E-state index contributed by atoms with van der Waals surface area (Å²) in [5.74, 6) is -0.985. The summed E-state index contributed by atoms with van der Waals surface area (Å²) in [4.78, 5) is 49.8. The van der Waals surface area contributed by atoms with Gasteiger partial charge in [0.05, 0.1) is 22.3 Å². The van der Waals surface area contributed by atoms with Crippen molar-refractivity contribution >= 4 is 45.0 Å². The number of pyridine rings is 1. The number of thiazole rings is 1. The van der Waals surface area contributed by atoms with Gasteiger partial charge in [-0.2, -0.15) is 0 Å². The van der Waals surface area contributed by atoms with Gasteiger partial charge in [0.25, 0.3) is 5.91 Å². The van der Waals surface area contributed by atoms with Crippen LogP contribution in [0.3, 0.4) is 0 Å². The molecule has 0 bridgehead atoms. The molecule has 7 nitrogen and oxygen atoms in total. The van der Waals surface area contributed by atoms with Crippen LogP contribution in [-0.2, 0) is 20.9 Å². The van der Waals surface area contributed by atoms with Crippen LogP contribution in [0.4, 0.5) is 5.69 Å². The summed E-state index contributed by atoms with van der Waals surface area (Å²) in [7, 11) is 0. The van der Waals surface area contributed by atoms with Gasteiger partial charge in [-0.3, -0.25) is 19.4 Å². The Balaban J connectivity index is 1.38. The van der Waals surface area contributed by atoms with Crippen LogP contribution in [0.25, 0.3) is 20.8 Å². The molecule has 3 amide bonds. The SMILES string of the molecule is CC(=O)N(Cc1cccnc1)C1CC(=O)N(c2ccc(-c3nc4ccc(C)cc4s3)cc2)C1=O. The van der Waals surface area contributed by atoms with Crippen molar-refractivity contribution in [2.24, 2.45) is 0 Å². The molecule has 0 radical (unpaired) electrons. The Kier molecular flexibility index (Phi) is 5.67. The fourth-order valence-corrected chi connectivity index (χ4v) is 5.24. The molecule has 0 spiro atoms. The van der Waals surface area contributed by atoms with Crippen LogP contribution in [0, 0.1) is 6.92 Å². The molecule has 170 valence electrons. The van der Waals surface area contributed by atoms with Crippen LogP contribution < -0.4 is 4.90 Å². The van der Waals surface area contributed by atoms with Crippen molar-refractivity contribution in [1.29, 1.82) is 0 Å². The van der Waals surface area contributed by atoms with Crippen LogP contribution in [0.15, 0.2) is 67.0 Å². The minimum atomic E-state index is -0.836. The summed E-state index contributed by atoms with van der Waals surface area (Å²) in [5.41, 5.74) is 4.33. The second-order valence-electron chi connectivity index (χ2n) is 8.33. The van der Waals surface area contributed by atoms with Crippen molar-refractivity contribution < 1.29 is 14.4 Å². The molecule has 0 N–H and O–H groups in total. The largest absolute Gasteiger partial charge is 0.326 e. The van der Waals surface area contributed by atoms with Gasteiger partial charge in [-0.1, -0.05) is 12.1 Å².